The maximum Gasteiger partial charge on any atom is 0.00761 e. The molecule has 0 heterocycles. The average Bonchev–Trinajstić information content (AvgIpc) is 2.49. The van der Waals surface area contributed by atoms with Gasteiger partial charge >= 0.3 is 0 Å². The molecule has 72 valence electrons. The molecule has 2 aromatic carbocycles. The van der Waals surface area contributed by atoms with E-state index in [1.54, 1.807) is 5.56 Å². The lowest BCUT2D eigenvalue weighted by atomic mass is 9.89. The Morgan fingerprint density at radius 1 is 1.07 bits per heavy atom. The van der Waals surface area contributed by atoms with Crippen molar-refractivity contribution >= 4 is 0 Å². The Labute approximate surface area is 89.6 Å². The summed E-state index contributed by atoms with van der Waals surface area (Å²) in [4.78, 5) is 0. The fraction of sp³-hybridized carbons (Fsp3) is 0.200. The van der Waals surface area contributed by atoms with E-state index in [2.05, 4.69) is 43.3 Å². The minimum absolute atomic E-state index is 0.598. The summed E-state index contributed by atoms with van der Waals surface area (Å²) in [6.45, 7) is 2.33. The molecule has 0 fully saturated rings. The molecule has 0 saturated carbocycles. The normalized spacial score (nSPS) is 19.4. The molecule has 0 saturated heterocycles. The highest BCUT2D eigenvalue weighted by Gasteiger charge is 2.29. The van der Waals surface area contributed by atoms with Gasteiger partial charge in [-0.3, -0.25) is 0 Å². The van der Waals surface area contributed by atoms with Crippen LogP contribution in [0.2, 0.25) is 0 Å². The van der Waals surface area contributed by atoms with E-state index in [0.717, 1.165) is 6.42 Å². The molecule has 0 spiro atoms. The van der Waals surface area contributed by atoms with E-state index in [4.69, 9.17) is 0 Å². The topological polar surface area (TPSA) is 0 Å². The van der Waals surface area contributed by atoms with Crippen LogP contribution in [-0.4, -0.2) is 0 Å². The SMILES string of the molecule is CC1c2ccc3cc2-c2cccc(c21)C3. The van der Waals surface area contributed by atoms with Gasteiger partial charge in [-0.05, 0) is 39.8 Å². The Bertz CT molecular complexity index is 579. The smallest absolute Gasteiger partial charge is 0.00761 e. The Balaban J connectivity index is 2.26. The zero-order chi connectivity index (χ0) is 9.99. The van der Waals surface area contributed by atoms with Crippen molar-refractivity contribution in [3.8, 4) is 11.1 Å². The fourth-order valence-corrected chi connectivity index (χ4v) is 3.21. The molecule has 15 heavy (non-hydrogen) atoms. The van der Waals surface area contributed by atoms with Crippen LogP contribution in [0, 0.1) is 0 Å². The van der Waals surface area contributed by atoms with E-state index in [9.17, 15) is 0 Å². The minimum Gasteiger partial charge on any atom is -0.0613 e. The molecular formula is C15H12. The summed E-state index contributed by atoms with van der Waals surface area (Å²) in [5, 5.41) is 0. The molecule has 2 aliphatic carbocycles. The van der Waals surface area contributed by atoms with Crippen LogP contribution in [0.3, 0.4) is 0 Å². The van der Waals surface area contributed by atoms with Gasteiger partial charge in [0, 0.05) is 5.92 Å². The van der Waals surface area contributed by atoms with Crippen LogP contribution in [0.25, 0.3) is 11.1 Å². The number of fused-ring (bicyclic) bond motifs is 1. The minimum atomic E-state index is 0.598. The number of rotatable bonds is 0. The van der Waals surface area contributed by atoms with Gasteiger partial charge in [0.2, 0.25) is 0 Å². The molecule has 0 radical (unpaired) electrons. The van der Waals surface area contributed by atoms with Gasteiger partial charge in [0.05, 0.1) is 0 Å². The molecule has 1 unspecified atom stereocenters. The van der Waals surface area contributed by atoms with Gasteiger partial charge < -0.3 is 0 Å². The predicted octanol–water partition coefficient (Wildman–Crippen LogP) is 3.72. The molecule has 5 bridgehead atoms. The van der Waals surface area contributed by atoms with E-state index < -0.39 is 0 Å². The van der Waals surface area contributed by atoms with Gasteiger partial charge in [0.15, 0.2) is 0 Å². The summed E-state index contributed by atoms with van der Waals surface area (Å²) in [6.07, 6.45) is 1.11. The second-order valence-electron chi connectivity index (χ2n) is 4.70. The van der Waals surface area contributed by atoms with Gasteiger partial charge in [-0.1, -0.05) is 43.3 Å². The Hall–Kier alpha value is -1.56. The summed E-state index contributed by atoms with van der Waals surface area (Å²) in [5.41, 5.74) is 9.05. The highest BCUT2D eigenvalue weighted by atomic mass is 14.3. The molecule has 2 aromatic rings. The van der Waals surface area contributed by atoms with Crippen LogP contribution in [0.4, 0.5) is 0 Å². The molecule has 1 atom stereocenters. The van der Waals surface area contributed by atoms with Crippen molar-refractivity contribution < 1.29 is 0 Å². The lowest BCUT2D eigenvalue weighted by molar-refractivity contribution is 0.920. The first-order valence-electron chi connectivity index (χ1n) is 5.59. The van der Waals surface area contributed by atoms with Crippen molar-refractivity contribution in [1.82, 2.24) is 0 Å². The fourth-order valence-electron chi connectivity index (χ4n) is 3.21. The molecule has 0 nitrogen and oxygen atoms in total. The standard InChI is InChI=1S/C15H12/c1-9-12-6-5-10-7-11-3-2-4-13(15(9)11)14(12)8-10/h2-6,8-9H,7H2,1H3. The molecule has 0 aromatic heterocycles. The summed E-state index contributed by atoms with van der Waals surface area (Å²) >= 11 is 0. The Kier molecular flexibility index (Phi) is 1.19. The van der Waals surface area contributed by atoms with E-state index in [0.29, 0.717) is 5.92 Å². The van der Waals surface area contributed by atoms with Crippen LogP contribution in [0.1, 0.15) is 35.1 Å². The third-order valence-electron chi connectivity index (χ3n) is 3.90. The van der Waals surface area contributed by atoms with Gasteiger partial charge in [-0.15, -0.1) is 0 Å². The van der Waals surface area contributed by atoms with Crippen molar-refractivity contribution in [2.45, 2.75) is 19.3 Å². The quantitative estimate of drug-likeness (QED) is 0.509. The van der Waals surface area contributed by atoms with Crippen LogP contribution in [0.15, 0.2) is 36.4 Å². The van der Waals surface area contributed by atoms with Gasteiger partial charge in [0.25, 0.3) is 0 Å². The van der Waals surface area contributed by atoms with Crippen LogP contribution < -0.4 is 0 Å². The third kappa shape index (κ3) is 0.790. The third-order valence-corrected chi connectivity index (χ3v) is 3.90. The number of hydrogen-bond donors (Lipinski definition) is 0. The van der Waals surface area contributed by atoms with Crippen molar-refractivity contribution in [1.29, 1.82) is 0 Å². The first kappa shape index (κ1) is 7.70. The maximum atomic E-state index is 2.38. The van der Waals surface area contributed by atoms with Gasteiger partial charge in [-0.25, -0.2) is 0 Å². The highest BCUT2D eigenvalue weighted by Crippen LogP contribution is 2.48. The van der Waals surface area contributed by atoms with E-state index in [-0.39, 0.29) is 0 Å². The Morgan fingerprint density at radius 2 is 2.00 bits per heavy atom. The molecular weight excluding hydrogens is 180 g/mol. The van der Waals surface area contributed by atoms with E-state index in [1.165, 1.54) is 27.8 Å². The van der Waals surface area contributed by atoms with Gasteiger partial charge in [0.1, 0.15) is 0 Å². The molecule has 0 heteroatoms. The zero-order valence-electron chi connectivity index (χ0n) is 8.75. The lowest BCUT2D eigenvalue weighted by Gasteiger charge is -2.15. The summed E-state index contributed by atoms with van der Waals surface area (Å²) < 4.78 is 0. The van der Waals surface area contributed by atoms with Crippen molar-refractivity contribution in [3.63, 3.8) is 0 Å². The molecule has 0 amide bonds. The summed E-state index contributed by atoms with van der Waals surface area (Å²) in [7, 11) is 0. The van der Waals surface area contributed by atoms with E-state index >= 15 is 0 Å². The van der Waals surface area contributed by atoms with Crippen molar-refractivity contribution in [2.75, 3.05) is 0 Å². The van der Waals surface area contributed by atoms with Crippen molar-refractivity contribution in [3.05, 3.63) is 58.7 Å². The average molecular weight is 192 g/mol. The lowest BCUT2D eigenvalue weighted by Crippen LogP contribution is -2.00. The molecule has 2 aliphatic rings. The first-order valence-corrected chi connectivity index (χ1v) is 5.59. The van der Waals surface area contributed by atoms with Gasteiger partial charge in [-0.2, -0.15) is 0 Å². The molecule has 4 rings (SSSR count). The molecule has 0 aliphatic heterocycles. The zero-order valence-corrected chi connectivity index (χ0v) is 8.75. The second-order valence-corrected chi connectivity index (χ2v) is 4.70. The maximum absolute atomic E-state index is 2.38. The van der Waals surface area contributed by atoms with Crippen molar-refractivity contribution in [2.24, 2.45) is 0 Å². The summed E-state index contributed by atoms with van der Waals surface area (Å²) in [5.74, 6) is 0.598. The largest absolute Gasteiger partial charge is 0.0613 e. The van der Waals surface area contributed by atoms with Crippen LogP contribution >= 0.6 is 0 Å². The van der Waals surface area contributed by atoms with E-state index in [1.807, 2.05) is 0 Å². The monoisotopic (exact) mass is 192 g/mol. The summed E-state index contributed by atoms with van der Waals surface area (Å²) in [6, 6.07) is 13.7. The van der Waals surface area contributed by atoms with Crippen LogP contribution in [-0.2, 0) is 6.42 Å². The highest BCUT2D eigenvalue weighted by molar-refractivity contribution is 5.82. The first-order chi connectivity index (χ1) is 7.34. The Morgan fingerprint density at radius 3 is 2.93 bits per heavy atom. The van der Waals surface area contributed by atoms with Crippen LogP contribution in [0.5, 0.6) is 0 Å². The molecule has 0 N–H and O–H groups in total. The predicted molar refractivity (Wildman–Crippen MR) is 62.2 cm³/mol. The number of benzene rings is 2. The number of hydrogen-bond acceptors (Lipinski definition) is 0. The second kappa shape index (κ2) is 2.33.